The maximum Gasteiger partial charge on any atom is 0.339 e. The Hall–Kier alpha value is -2.88. The number of fused-ring (bicyclic) bond motifs is 2. The molecule has 0 saturated carbocycles. The average molecular weight is 435 g/mol. The summed E-state index contributed by atoms with van der Waals surface area (Å²) in [5.74, 6) is -0.235. The van der Waals surface area contributed by atoms with Gasteiger partial charge in [0.2, 0.25) is 0 Å². The zero-order valence-corrected chi connectivity index (χ0v) is 20.1. The minimum Gasteiger partial charge on any atom is -0.462 e. The second-order valence-corrected chi connectivity index (χ2v) is 9.20. The van der Waals surface area contributed by atoms with Crippen molar-refractivity contribution in [1.82, 2.24) is 0 Å². The number of ether oxygens (including phenoxy) is 2. The van der Waals surface area contributed by atoms with Gasteiger partial charge in [0.25, 0.3) is 0 Å². The average Bonchev–Trinajstić information content (AvgIpc) is 2.78. The number of aryl methyl sites for hydroxylation is 2. The summed E-state index contributed by atoms with van der Waals surface area (Å²) in [6, 6.07) is 11.9. The van der Waals surface area contributed by atoms with Crippen molar-refractivity contribution in [3.8, 4) is 0 Å². The molecule has 3 rings (SSSR count). The Morgan fingerprint density at radius 3 is 1.38 bits per heavy atom. The molecule has 0 aliphatic rings. The third kappa shape index (κ3) is 4.95. The fraction of sp³-hybridized carbons (Fsp3) is 0.429. The molecule has 4 nitrogen and oxygen atoms in total. The van der Waals surface area contributed by atoms with E-state index in [0.717, 1.165) is 45.5 Å². The summed E-state index contributed by atoms with van der Waals surface area (Å²) in [7, 11) is 0. The topological polar surface area (TPSA) is 52.6 Å². The second kappa shape index (κ2) is 10.2. The van der Waals surface area contributed by atoms with Gasteiger partial charge in [-0.05, 0) is 57.3 Å². The van der Waals surface area contributed by atoms with Crippen molar-refractivity contribution in [2.45, 2.75) is 54.4 Å². The van der Waals surface area contributed by atoms with Crippen molar-refractivity contribution in [2.75, 3.05) is 13.2 Å². The van der Waals surface area contributed by atoms with E-state index < -0.39 is 0 Å². The lowest BCUT2D eigenvalue weighted by molar-refractivity contribution is 0.0452. The van der Waals surface area contributed by atoms with Crippen molar-refractivity contribution >= 4 is 33.5 Å². The molecule has 0 aromatic heterocycles. The number of hydrogen-bond acceptors (Lipinski definition) is 4. The number of hydrogen-bond donors (Lipinski definition) is 0. The van der Waals surface area contributed by atoms with Crippen LogP contribution in [0, 0.1) is 11.8 Å². The molecule has 32 heavy (non-hydrogen) atoms. The highest BCUT2D eigenvalue weighted by atomic mass is 16.5. The van der Waals surface area contributed by atoms with Gasteiger partial charge in [-0.1, -0.05) is 77.9 Å². The minimum absolute atomic E-state index is 0.235. The van der Waals surface area contributed by atoms with Crippen LogP contribution in [0.2, 0.25) is 0 Å². The van der Waals surface area contributed by atoms with Gasteiger partial charge in [-0.2, -0.15) is 0 Å². The van der Waals surface area contributed by atoms with E-state index in [0.29, 0.717) is 24.3 Å². The second-order valence-electron chi connectivity index (χ2n) is 9.20. The van der Waals surface area contributed by atoms with E-state index in [1.54, 1.807) is 0 Å². The van der Waals surface area contributed by atoms with Gasteiger partial charge in [0.05, 0.1) is 24.3 Å². The molecule has 170 valence electrons. The third-order valence-corrected chi connectivity index (χ3v) is 5.57. The summed E-state index contributed by atoms with van der Waals surface area (Å²) >= 11 is 0. The molecule has 0 aliphatic carbocycles. The van der Waals surface area contributed by atoms with Crippen molar-refractivity contribution < 1.29 is 19.1 Å². The van der Waals surface area contributed by atoms with E-state index in [4.69, 9.17) is 9.47 Å². The Morgan fingerprint density at radius 2 is 1.03 bits per heavy atom. The smallest absolute Gasteiger partial charge is 0.339 e. The van der Waals surface area contributed by atoms with Crippen LogP contribution in [-0.2, 0) is 22.3 Å². The Labute approximate surface area is 190 Å². The number of rotatable bonds is 8. The van der Waals surface area contributed by atoms with E-state index in [1.165, 1.54) is 0 Å². The van der Waals surface area contributed by atoms with Gasteiger partial charge in [-0.15, -0.1) is 0 Å². The number of carbonyl (C=O) groups is 2. The molecule has 3 aromatic carbocycles. The molecule has 0 heterocycles. The van der Waals surface area contributed by atoms with Crippen LogP contribution in [0.3, 0.4) is 0 Å². The van der Waals surface area contributed by atoms with Crippen LogP contribution in [0.4, 0.5) is 0 Å². The van der Waals surface area contributed by atoms with E-state index in [-0.39, 0.29) is 23.8 Å². The van der Waals surface area contributed by atoms with E-state index in [1.807, 2.05) is 64.1 Å². The van der Waals surface area contributed by atoms with Crippen LogP contribution in [0.25, 0.3) is 21.5 Å². The first-order valence-corrected chi connectivity index (χ1v) is 11.6. The van der Waals surface area contributed by atoms with Crippen LogP contribution < -0.4 is 0 Å². The van der Waals surface area contributed by atoms with Gasteiger partial charge in [0.15, 0.2) is 0 Å². The summed E-state index contributed by atoms with van der Waals surface area (Å²) in [5.41, 5.74) is 3.24. The fourth-order valence-electron chi connectivity index (χ4n) is 3.83. The highest BCUT2D eigenvalue weighted by Gasteiger charge is 2.25. The van der Waals surface area contributed by atoms with Gasteiger partial charge in [0, 0.05) is 0 Å². The van der Waals surface area contributed by atoms with Gasteiger partial charge in [0.1, 0.15) is 0 Å². The molecule has 0 atom stereocenters. The van der Waals surface area contributed by atoms with E-state index >= 15 is 0 Å². The van der Waals surface area contributed by atoms with Gasteiger partial charge >= 0.3 is 11.9 Å². The molecular weight excluding hydrogens is 400 g/mol. The molecule has 0 spiro atoms. The summed E-state index contributed by atoms with van der Waals surface area (Å²) < 4.78 is 11.3. The molecule has 0 bridgehead atoms. The fourth-order valence-corrected chi connectivity index (χ4v) is 3.83. The molecular formula is C28H34O4. The lowest BCUT2D eigenvalue weighted by Gasteiger charge is -2.18. The van der Waals surface area contributed by atoms with Crippen LogP contribution in [-0.4, -0.2) is 25.2 Å². The lowest BCUT2D eigenvalue weighted by atomic mass is 9.89. The zero-order valence-electron chi connectivity index (χ0n) is 20.1. The van der Waals surface area contributed by atoms with Gasteiger partial charge in [-0.3, -0.25) is 0 Å². The Morgan fingerprint density at radius 1 is 0.656 bits per heavy atom. The number of esters is 2. The summed E-state index contributed by atoms with van der Waals surface area (Å²) in [4.78, 5) is 26.6. The molecule has 0 amide bonds. The van der Waals surface area contributed by atoms with Crippen molar-refractivity contribution in [3.63, 3.8) is 0 Å². The summed E-state index contributed by atoms with van der Waals surface area (Å²) in [6.07, 6.45) is 1.66. The highest BCUT2D eigenvalue weighted by Crippen LogP contribution is 2.35. The molecule has 0 aliphatic heterocycles. The monoisotopic (exact) mass is 434 g/mol. The summed E-state index contributed by atoms with van der Waals surface area (Å²) in [5, 5.41) is 2.94. The molecule has 0 saturated heterocycles. The molecule has 0 N–H and O–H groups in total. The first-order chi connectivity index (χ1) is 15.3. The van der Waals surface area contributed by atoms with Crippen molar-refractivity contribution in [1.29, 1.82) is 0 Å². The standard InChI is InChI=1S/C28H34O4/c1-7-19-9-11-21-23(13-19)26(28(30)32-16-18(5)6)24-14-20(8-2)10-12-22(24)25(21)27(29)31-15-17(3)4/h9-14,17-18H,7-8,15-16H2,1-6H3. The van der Waals surface area contributed by atoms with Crippen LogP contribution in [0.15, 0.2) is 36.4 Å². The Bertz CT molecular complexity index is 1080. The maximum absolute atomic E-state index is 13.3. The molecule has 4 heteroatoms. The normalized spacial score (nSPS) is 11.5. The summed E-state index contributed by atoms with van der Waals surface area (Å²) in [6.45, 7) is 12.9. The molecule has 0 fully saturated rings. The van der Waals surface area contributed by atoms with E-state index in [2.05, 4.69) is 13.8 Å². The first-order valence-electron chi connectivity index (χ1n) is 11.6. The van der Waals surface area contributed by atoms with Crippen LogP contribution in [0.5, 0.6) is 0 Å². The molecule has 0 radical (unpaired) electrons. The minimum atomic E-state index is -0.357. The maximum atomic E-state index is 13.3. The third-order valence-electron chi connectivity index (χ3n) is 5.57. The number of carbonyl (C=O) groups excluding carboxylic acids is 2. The van der Waals surface area contributed by atoms with Gasteiger partial charge in [-0.25, -0.2) is 9.59 Å². The quantitative estimate of drug-likeness (QED) is 0.291. The largest absolute Gasteiger partial charge is 0.462 e. The van der Waals surface area contributed by atoms with Gasteiger partial charge < -0.3 is 9.47 Å². The van der Waals surface area contributed by atoms with Crippen molar-refractivity contribution in [3.05, 3.63) is 58.7 Å². The lowest BCUT2D eigenvalue weighted by Crippen LogP contribution is -2.15. The van der Waals surface area contributed by atoms with Crippen LogP contribution in [0.1, 0.15) is 73.4 Å². The predicted molar refractivity (Wildman–Crippen MR) is 130 cm³/mol. The Balaban J connectivity index is 2.37. The first kappa shape index (κ1) is 23.8. The number of benzene rings is 3. The highest BCUT2D eigenvalue weighted by molar-refractivity contribution is 6.24. The SMILES string of the molecule is CCc1ccc2c(C(=O)OCC(C)C)c3ccc(CC)cc3c(C(=O)OCC(C)C)c2c1. The Kier molecular flexibility index (Phi) is 7.55. The molecule has 0 unspecified atom stereocenters. The zero-order chi connectivity index (χ0) is 23.4. The van der Waals surface area contributed by atoms with E-state index in [9.17, 15) is 9.59 Å². The van der Waals surface area contributed by atoms with Crippen LogP contribution >= 0.6 is 0 Å². The predicted octanol–water partition coefficient (Wildman–Crippen LogP) is 6.74. The molecule has 3 aromatic rings. The van der Waals surface area contributed by atoms with Crippen molar-refractivity contribution in [2.24, 2.45) is 11.8 Å².